The van der Waals surface area contributed by atoms with Crippen molar-refractivity contribution in [1.29, 1.82) is 0 Å². The molecule has 6 heteroatoms. The molecule has 2 amide bonds. The van der Waals surface area contributed by atoms with E-state index in [1.54, 1.807) is 24.3 Å². The Morgan fingerprint density at radius 1 is 0.963 bits per heavy atom. The van der Waals surface area contributed by atoms with E-state index in [0.717, 1.165) is 5.56 Å². The van der Waals surface area contributed by atoms with Crippen LogP contribution in [0.1, 0.15) is 42.3 Å². The number of nitrogens with one attached hydrogen (secondary N) is 2. The molecule has 3 N–H and O–H groups in total. The molecule has 0 saturated carbocycles. The van der Waals surface area contributed by atoms with E-state index in [4.69, 9.17) is 5.11 Å². The van der Waals surface area contributed by atoms with Crippen molar-refractivity contribution in [2.45, 2.75) is 34.1 Å². The summed E-state index contributed by atoms with van der Waals surface area (Å²) in [6.45, 7) is 7.35. The van der Waals surface area contributed by atoms with E-state index in [0.29, 0.717) is 16.9 Å². The Labute approximate surface area is 158 Å². The Balaban J connectivity index is 2.07. The summed E-state index contributed by atoms with van der Waals surface area (Å²) in [5, 5.41) is 14.6. The van der Waals surface area contributed by atoms with Gasteiger partial charge in [-0.05, 0) is 42.3 Å². The number of carboxylic acid groups (broad SMARTS) is 1. The Morgan fingerprint density at radius 2 is 1.59 bits per heavy atom. The maximum atomic E-state index is 12.3. The molecular weight excluding hydrogens is 344 g/mol. The van der Waals surface area contributed by atoms with E-state index in [9.17, 15) is 14.4 Å². The van der Waals surface area contributed by atoms with Crippen molar-refractivity contribution in [2.75, 3.05) is 10.6 Å². The highest BCUT2D eigenvalue weighted by Crippen LogP contribution is 2.23. The second-order valence-electron chi connectivity index (χ2n) is 7.46. The summed E-state index contributed by atoms with van der Waals surface area (Å²) in [4.78, 5) is 35.3. The monoisotopic (exact) mass is 368 g/mol. The highest BCUT2D eigenvalue weighted by molar-refractivity contribution is 5.97. The number of rotatable bonds is 5. The quantitative estimate of drug-likeness (QED) is 0.747. The molecule has 0 aliphatic rings. The van der Waals surface area contributed by atoms with Gasteiger partial charge in [-0.25, -0.2) is 4.79 Å². The fraction of sp³-hybridized carbons (Fsp3) is 0.286. The second-order valence-corrected chi connectivity index (χ2v) is 7.46. The molecule has 0 heterocycles. The fourth-order valence-electron chi connectivity index (χ4n) is 2.30. The molecule has 2 aromatic rings. The van der Waals surface area contributed by atoms with Gasteiger partial charge in [0, 0.05) is 16.8 Å². The average Bonchev–Trinajstić information content (AvgIpc) is 2.57. The lowest BCUT2D eigenvalue weighted by Gasteiger charge is -2.18. The maximum absolute atomic E-state index is 12.3. The van der Waals surface area contributed by atoms with Crippen LogP contribution in [-0.2, 0) is 16.0 Å². The van der Waals surface area contributed by atoms with Crippen molar-refractivity contribution in [3.8, 4) is 0 Å². The van der Waals surface area contributed by atoms with Crippen molar-refractivity contribution in [2.24, 2.45) is 5.41 Å². The average molecular weight is 368 g/mol. The van der Waals surface area contributed by atoms with Gasteiger partial charge in [-0.3, -0.25) is 9.59 Å². The maximum Gasteiger partial charge on any atom is 0.335 e. The summed E-state index contributed by atoms with van der Waals surface area (Å²) >= 11 is 0. The molecule has 0 spiro atoms. The highest BCUT2D eigenvalue weighted by Gasteiger charge is 2.21. The zero-order valence-corrected chi connectivity index (χ0v) is 15.9. The van der Waals surface area contributed by atoms with Crippen LogP contribution in [0.25, 0.3) is 0 Å². The third kappa shape index (κ3) is 5.67. The molecular formula is C21H24N2O4. The number of amides is 2. The van der Waals surface area contributed by atoms with Crippen LogP contribution in [0.5, 0.6) is 0 Å². The zero-order chi connectivity index (χ0) is 20.2. The van der Waals surface area contributed by atoms with E-state index in [2.05, 4.69) is 10.6 Å². The third-order valence-corrected chi connectivity index (χ3v) is 4.02. The van der Waals surface area contributed by atoms with Crippen LogP contribution in [0, 0.1) is 12.3 Å². The molecule has 27 heavy (non-hydrogen) atoms. The molecule has 142 valence electrons. The van der Waals surface area contributed by atoms with Gasteiger partial charge in [-0.2, -0.15) is 0 Å². The number of aryl methyl sites for hydroxylation is 1. The SMILES string of the molecule is Cc1ccc(NC(=O)C(C)(C)C)cc1NC(=O)Cc1ccc(C(=O)O)cc1. The van der Waals surface area contributed by atoms with Crippen molar-refractivity contribution >= 4 is 29.2 Å². The van der Waals surface area contributed by atoms with Crippen molar-refractivity contribution in [1.82, 2.24) is 0 Å². The van der Waals surface area contributed by atoms with E-state index in [1.165, 1.54) is 12.1 Å². The number of carboxylic acids is 1. The summed E-state index contributed by atoms with van der Waals surface area (Å²) in [7, 11) is 0. The number of benzene rings is 2. The van der Waals surface area contributed by atoms with Crippen molar-refractivity contribution < 1.29 is 19.5 Å². The number of carbonyl (C=O) groups is 3. The summed E-state index contributed by atoms with van der Waals surface area (Å²) in [5.74, 6) is -1.33. The van der Waals surface area contributed by atoms with Crippen molar-refractivity contribution in [3.63, 3.8) is 0 Å². The van der Waals surface area contributed by atoms with Crippen LogP contribution in [-0.4, -0.2) is 22.9 Å². The Hall–Kier alpha value is -3.15. The lowest BCUT2D eigenvalue weighted by Crippen LogP contribution is -2.27. The summed E-state index contributed by atoms with van der Waals surface area (Å²) < 4.78 is 0. The molecule has 0 saturated heterocycles. The van der Waals surface area contributed by atoms with Crippen LogP contribution >= 0.6 is 0 Å². The Morgan fingerprint density at radius 3 is 2.15 bits per heavy atom. The Bertz CT molecular complexity index is 865. The van der Waals surface area contributed by atoms with Crippen molar-refractivity contribution in [3.05, 3.63) is 59.2 Å². The second kappa shape index (κ2) is 8.03. The largest absolute Gasteiger partial charge is 0.478 e. The van der Waals surface area contributed by atoms with E-state index in [1.807, 2.05) is 33.8 Å². The molecule has 0 radical (unpaired) electrons. The number of anilines is 2. The van der Waals surface area contributed by atoms with Crippen LogP contribution in [0.3, 0.4) is 0 Å². The molecule has 0 aromatic heterocycles. The zero-order valence-electron chi connectivity index (χ0n) is 15.9. The standard InChI is InChI=1S/C21H24N2O4/c1-13-5-10-16(22-20(27)21(2,3)4)12-17(13)23-18(24)11-14-6-8-15(9-7-14)19(25)26/h5-10,12H,11H2,1-4H3,(H,22,27)(H,23,24)(H,25,26). The molecule has 0 unspecified atom stereocenters. The number of hydrogen-bond acceptors (Lipinski definition) is 3. The van der Waals surface area contributed by atoms with E-state index >= 15 is 0 Å². The normalized spacial score (nSPS) is 11.0. The predicted octanol–water partition coefficient (Wildman–Crippen LogP) is 3.86. The minimum absolute atomic E-state index is 0.109. The van der Waals surface area contributed by atoms with Gasteiger partial charge in [0.05, 0.1) is 12.0 Å². The molecule has 0 atom stereocenters. The third-order valence-electron chi connectivity index (χ3n) is 4.02. The van der Waals surface area contributed by atoms with Gasteiger partial charge in [0.1, 0.15) is 0 Å². The fourth-order valence-corrected chi connectivity index (χ4v) is 2.30. The van der Waals surface area contributed by atoms with Crippen LogP contribution in [0.2, 0.25) is 0 Å². The first-order valence-corrected chi connectivity index (χ1v) is 8.60. The summed E-state index contributed by atoms with van der Waals surface area (Å²) in [6.07, 6.45) is 0.123. The van der Waals surface area contributed by atoms with Gasteiger partial charge >= 0.3 is 5.97 Å². The van der Waals surface area contributed by atoms with Gasteiger partial charge in [-0.15, -0.1) is 0 Å². The van der Waals surface area contributed by atoms with Crippen LogP contribution < -0.4 is 10.6 Å². The molecule has 2 rings (SSSR count). The molecule has 0 aliphatic carbocycles. The van der Waals surface area contributed by atoms with E-state index < -0.39 is 11.4 Å². The minimum Gasteiger partial charge on any atom is -0.478 e. The summed E-state index contributed by atoms with van der Waals surface area (Å²) in [6, 6.07) is 11.5. The lowest BCUT2D eigenvalue weighted by molar-refractivity contribution is -0.123. The number of aromatic carboxylic acids is 1. The first kappa shape index (κ1) is 20.2. The molecule has 0 aliphatic heterocycles. The lowest BCUT2D eigenvalue weighted by atomic mass is 9.95. The van der Waals surface area contributed by atoms with Gasteiger partial charge in [-0.1, -0.05) is 39.0 Å². The molecule has 2 aromatic carbocycles. The molecule has 0 bridgehead atoms. The van der Waals surface area contributed by atoms with Gasteiger partial charge in [0.2, 0.25) is 11.8 Å². The number of hydrogen-bond donors (Lipinski definition) is 3. The first-order valence-electron chi connectivity index (χ1n) is 8.60. The topological polar surface area (TPSA) is 95.5 Å². The van der Waals surface area contributed by atoms with Crippen LogP contribution in [0.4, 0.5) is 11.4 Å². The predicted molar refractivity (Wildman–Crippen MR) is 105 cm³/mol. The number of carbonyl (C=O) groups excluding carboxylic acids is 2. The van der Waals surface area contributed by atoms with Crippen LogP contribution in [0.15, 0.2) is 42.5 Å². The highest BCUT2D eigenvalue weighted by atomic mass is 16.4. The van der Waals surface area contributed by atoms with Gasteiger partial charge in [0.25, 0.3) is 0 Å². The van der Waals surface area contributed by atoms with E-state index in [-0.39, 0.29) is 23.8 Å². The molecule has 0 fully saturated rings. The summed E-state index contributed by atoms with van der Waals surface area (Å²) in [5.41, 5.74) is 2.48. The Kier molecular flexibility index (Phi) is 6.00. The van der Waals surface area contributed by atoms with Gasteiger partial charge < -0.3 is 15.7 Å². The van der Waals surface area contributed by atoms with Gasteiger partial charge in [0.15, 0.2) is 0 Å². The minimum atomic E-state index is -1.00. The smallest absolute Gasteiger partial charge is 0.335 e. The first-order chi connectivity index (χ1) is 12.6. The molecule has 6 nitrogen and oxygen atoms in total.